The fraction of sp³-hybridized carbons (Fsp3) is 0.200. The predicted molar refractivity (Wildman–Crippen MR) is 80.0 cm³/mol. The number of rotatable bonds is 5. The van der Waals surface area contributed by atoms with Crippen molar-refractivity contribution in [2.45, 2.75) is 12.8 Å². The predicted octanol–water partition coefficient (Wildman–Crippen LogP) is 2.72. The molecule has 0 aliphatic rings. The number of benzene rings is 1. The number of methoxy groups -OCH3 is 1. The van der Waals surface area contributed by atoms with Gasteiger partial charge in [-0.1, -0.05) is 17.7 Å². The molecule has 1 aromatic heterocycles. The molecule has 0 spiro atoms. The van der Waals surface area contributed by atoms with Crippen molar-refractivity contribution in [2.75, 3.05) is 7.11 Å². The van der Waals surface area contributed by atoms with Crippen LogP contribution < -0.4 is 10.3 Å². The monoisotopic (exact) mass is 307 g/mol. The number of halogens is 1. The third-order valence-corrected chi connectivity index (χ3v) is 3.29. The lowest BCUT2D eigenvalue weighted by Gasteiger charge is -2.09. The second kappa shape index (κ2) is 6.45. The number of carbonyl (C=O) groups is 1. The van der Waals surface area contributed by atoms with E-state index in [1.54, 1.807) is 30.3 Å². The second-order valence-corrected chi connectivity index (χ2v) is 4.90. The Kier molecular flexibility index (Phi) is 4.65. The van der Waals surface area contributed by atoms with Gasteiger partial charge in [-0.2, -0.15) is 0 Å². The molecule has 0 aliphatic carbocycles. The summed E-state index contributed by atoms with van der Waals surface area (Å²) >= 11 is 5.97. The van der Waals surface area contributed by atoms with E-state index >= 15 is 0 Å². The van der Waals surface area contributed by atoms with E-state index in [2.05, 4.69) is 4.98 Å². The van der Waals surface area contributed by atoms with E-state index in [0.29, 0.717) is 27.6 Å². The maximum atomic E-state index is 12.0. The fourth-order valence-electron chi connectivity index (χ4n) is 1.99. The molecule has 1 heterocycles. The van der Waals surface area contributed by atoms with Gasteiger partial charge in [-0.05, 0) is 30.7 Å². The number of aromatic nitrogens is 1. The SMILES string of the molecule is COc1ccc(Cl)cc1-c1ccc(CCC(=O)O)c(=O)[nH]1. The normalized spacial score (nSPS) is 10.4. The van der Waals surface area contributed by atoms with Gasteiger partial charge in [0.2, 0.25) is 0 Å². The van der Waals surface area contributed by atoms with Crippen LogP contribution in [0.5, 0.6) is 5.75 Å². The molecular formula is C15H14ClNO4. The van der Waals surface area contributed by atoms with Crippen molar-refractivity contribution in [2.24, 2.45) is 0 Å². The van der Waals surface area contributed by atoms with Crippen LogP contribution in [0.2, 0.25) is 5.02 Å². The summed E-state index contributed by atoms with van der Waals surface area (Å²) in [6.07, 6.45) is 0.112. The Morgan fingerprint density at radius 3 is 2.71 bits per heavy atom. The van der Waals surface area contributed by atoms with E-state index in [9.17, 15) is 9.59 Å². The van der Waals surface area contributed by atoms with Gasteiger partial charge < -0.3 is 14.8 Å². The number of H-pyrrole nitrogens is 1. The fourth-order valence-corrected chi connectivity index (χ4v) is 2.16. The zero-order valence-electron chi connectivity index (χ0n) is 11.4. The summed E-state index contributed by atoms with van der Waals surface area (Å²) in [6, 6.07) is 8.45. The number of aromatic amines is 1. The van der Waals surface area contributed by atoms with Crippen LogP contribution in [0.3, 0.4) is 0 Å². The van der Waals surface area contributed by atoms with Gasteiger partial charge in [0.15, 0.2) is 0 Å². The molecule has 0 fully saturated rings. The van der Waals surface area contributed by atoms with Crippen molar-refractivity contribution in [3.8, 4) is 17.0 Å². The van der Waals surface area contributed by atoms with E-state index in [-0.39, 0.29) is 18.4 Å². The van der Waals surface area contributed by atoms with Crippen molar-refractivity contribution in [1.82, 2.24) is 4.98 Å². The molecule has 6 heteroatoms. The van der Waals surface area contributed by atoms with E-state index in [0.717, 1.165) is 0 Å². The highest BCUT2D eigenvalue weighted by molar-refractivity contribution is 6.30. The standard InChI is InChI=1S/C15H14ClNO4/c1-21-13-6-4-10(16)8-11(13)12-5-2-9(15(20)17-12)3-7-14(18)19/h2,4-6,8H,3,7H2,1H3,(H,17,20)(H,18,19). The Balaban J connectivity index is 2.38. The molecular weight excluding hydrogens is 294 g/mol. The maximum Gasteiger partial charge on any atom is 0.303 e. The van der Waals surface area contributed by atoms with Crippen LogP contribution in [0.1, 0.15) is 12.0 Å². The number of carboxylic acid groups (broad SMARTS) is 1. The third-order valence-electron chi connectivity index (χ3n) is 3.05. The summed E-state index contributed by atoms with van der Waals surface area (Å²) in [6.45, 7) is 0. The minimum Gasteiger partial charge on any atom is -0.496 e. The van der Waals surface area contributed by atoms with Crippen molar-refractivity contribution in [3.63, 3.8) is 0 Å². The van der Waals surface area contributed by atoms with Crippen LogP contribution in [0.15, 0.2) is 35.1 Å². The number of aliphatic carboxylic acids is 1. The van der Waals surface area contributed by atoms with E-state index in [4.69, 9.17) is 21.4 Å². The lowest BCUT2D eigenvalue weighted by Crippen LogP contribution is -2.14. The molecule has 0 aliphatic heterocycles. The van der Waals surface area contributed by atoms with Crippen LogP contribution in [-0.4, -0.2) is 23.2 Å². The lowest BCUT2D eigenvalue weighted by molar-refractivity contribution is -0.136. The Bertz CT molecular complexity index is 724. The Morgan fingerprint density at radius 2 is 2.10 bits per heavy atom. The Morgan fingerprint density at radius 1 is 1.33 bits per heavy atom. The lowest BCUT2D eigenvalue weighted by atomic mass is 10.1. The number of carboxylic acids is 1. The average molecular weight is 308 g/mol. The highest BCUT2D eigenvalue weighted by Gasteiger charge is 2.10. The summed E-state index contributed by atoms with van der Waals surface area (Å²) in [5, 5.41) is 9.18. The van der Waals surface area contributed by atoms with Crippen molar-refractivity contribution < 1.29 is 14.6 Å². The van der Waals surface area contributed by atoms with Gasteiger partial charge >= 0.3 is 5.97 Å². The quantitative estimate of drug-likeness (QED) is 0.890. The van der Waals surface area contributed by atoms with Crippen LogP contribution >= 0.6 is 11.6 Å². The molecule has 110 valence electrons. The van der Waals surface area contributed by atoms with Gasteiger partial charge in [-0.3, -0.25) is 9.59 Å². The first-order valence-corrected chi connectivity index (χ1v) is 6.67. The van der Waals surface area contributed by atoms with E-state index < -0.39 is 5.97 Å². The van der Waals surface area contributed by atoms with E-state index in [1.165, 1.54) is 7.11 Å². The topological polar surface area (TPSA) is 79.4 Å². The summed E-state index contributed by atoms with van der Waals surface area (Å²) < 4.78 is 5.25. The first-order chi connectivity index (χ1) is 10.0. The highest BCUT2D eigenvalue weighted by Crippen LogP contribution is 2.30. The molecule has 0 amide bonds. The summed E-state index contributed by atoms with van der Waals surface area (Å²) in [4.78, 5) is 25.3. The zero-order chi connectivity index (χ0) is 15.4. The van der Waals surface area contributed by atoms with Gasteiger partial charge in [0.05, 0.1) is 12.8 Å². The molecule has 0 unspecified atom stereocenters. The van der Waals surface area contributed by atoms with Gasteiger partial charge in [0.1, 0.15) is 5.75 Å². The first kappa shape index (κ1) is 15.1. The molecule has 2 aromatic rings. The number of ether oxygens (including phenoxy) is 1. The molecule has 0 atom stereocenters. The number of hydrogen-bond donors (Lipinski definition) is 2. The zero-order valence-corrected chi connectivity index (χ0v) is 12.1. The Hall–Kier alpha value is -2.27. The molecule has 2 rings (SSSR count). The average Bonchev–Trinajstić information content (AvgIpc) is 2.45. The molecule has 2 N–H and O–H groups in total. The van der Waals surface area contributed by atoms with Crippen molar-refractivity contribution >= 4 is 17.6 Å². The minimum absolute atomic E-state index is 0.0804. The molecule has 0 radical (unpaired) electrons. The molecule has 5 nitrogen and oxygen atoms in total. The Labute approximate surface area is 126 Å². The summed E-state index contributed by atoms with van der Waals surface area (Å²) in [5.41, 5.74) is 1.36. The van der Waals surface area contributed by atoms with Crippen LogP contribution in [0, 0.1) is 0 Å². The smallest absolute Gasteiger partial charge is 0.303 e. The number of nitrogens with one attached hydrogen (secondary N) is 1. The van der Waals surface area contributed by atoms with Gasteiger partial charge in [0, 0.05) is 22.6 Å². The number of pyridine rings is 1. The maximum absolute atomic E-state index is 12.0. The third kappa shape index (κ3) is 3.64. The van der Waals surface area contributed by atoms with Crippen LogP contribution in [-0.2, 0) is 11.2 Å². The number of hydrogen-bond acceptors (Lipinski definition) is 3. The minimum atomic E-state index is -0.935. The van der Waals surface area contributed by atoms with E-state index in [1.807, 2.05) is 0 Å². The van der Waals surface area contributed by atoms with Crippen molar-refractivity contribution in [3.05, 3.63) is 51.3 Å². The molecule has 0 bridgehead atoms. The first-order valence-electron chi connectivity index (χ1n) is 6.29. The highest BCUT2D eigenvalue weighted by atomic mass is 35.5. The van der Waals surface area contributed by atoms with Gasteiger partial charge in [-0.25, -0.2) is 0 Å². The molecule has 0 saturated heterocycles. The van der Waals surface area contributed by atoms with Gasteiger partial charge in [0.25, 0.3) is 5.56 Å². The molecule has 0 saturated carbocycles. The largest absolute Gasteiger partial charge is 0.496 e. The van der Waals surface area contributed by atoms with Crippen LogP contribution in [0.4, 0.5) is 0 Å². The number of aryl methyl sites for hydroxylation is 1. The van der Waals surface area contributed by atoms with Crippen molar-refractivity contribution in [1.29, 1.82) is 0 Å². The van der Waals surface area contributed by atoms with Gasteiger partial charge in [-0.15, -0.1) is 0 Å². The van der Waals surface area contributed by atoms with Crippen LogP contribution in [0.25, 0.3) is 11.3 Å². The molecule has 1 aromatic carbocycles. The summed E-state index contributed by atoms with van der Waals surface area (Å²) in [7, 11) is 1.53. The second-order valence-electron chi connectivity index (χ2n) is 4.46. The summed E-state index contributed by atoms with van der Waals surface area (Å²) in [5.74, 6) is -0.344. The molecule has 21 heavy (non-hydrogen) atoms.